The predicted octanol–water partition coefficient (Wildman–Crippen LogP) is 4.32. The Hall–Kier alpha value is -1.45. The highest BCUT2D eigenvalue weighted by Crippen LogP contribution is 2.22. The number of benzene rings is 1. The van der Waals surface area contributed by atoms with E-state index in [1.165, 1.54) is 0 Å². The molecule has 0 aliphatic rings. The molecule has 0 aliphatic carbocycles. The molecule has 3 nitrogen and oxygen atoms in total. The molecule has 0 amide bonds. The predicted molar refractivity (Wildman–Crippen MR) is 81.2 cm³/mol. The largest absolute Gasteiger partial charge is 0.486 e. The van der Waals surface area contributed by atoms with Crippen LogP contribution in [0, 0.1) is 6.92 Å². The molecule has 4 heteroatoms. The third kappa shape index (κ3) is 4.02. The van der Waals surface area contributed by atoms with Gasteiger partial charge < -0.3 is 14.5 Å². The van der Waals surface area contributed by atoms with Gasteiger partial charge in [-0.1, -0.05) is 25.4 Å². The molecule has 0 saturated heterocycles. The van der Waals surface area contributed by atoms with Gasteiger partial charge in [-0.2, -0.15) is 0 Å². The zero-order valence-corrected chi connectivity index (χ0v) is 12.8. The van der Waals surface area contributed by atoms with Gasteiger partial charge in [-0.15, -0.1) is 0 Å². The molecule has 0 radical (unpaired) electrons. The third-order valence-electron chi connectivity index (χ3n) is 3.04. The van der Waals surface area contributed by atoms with Crippen LogP contribution in [0.3, 0.4) is 0 Å². The Kier molecular flexibility index (Phi) is 5.10. The molecule has 1 N–H and O–H groups in total. The van der Waals surface area contributed by atoms with Gasteiger partial charge in [-0.3, -0.25) is 0 Å². The molecule has 0 fully saturated rings. The van der Waals surface area contributed by atoms with Crippen LogP contribution in [0.2, 0.25) is 5.02 Å². The molecule has 0 spiro atoms. The first-order valence-corrected chi connectivity index (χ1v) is 7.11. The highest BCUT2D eigenvalue weighted by atomic mass is 35.5. The van der Waals surface area contributed by atoms with E-state index >= 15 is 0 Å². The quantitative estimate of drug-likeness (QED) is 0.861. The molecule has 2 rings (SSSR count). The van der Waals surface area contributed by atoms with E-state index in [2.05, 4.69) is 19.2 Å². The maximum Gasteiger partial charge on any atom is 0.146 e. The smallest absolute Gasteiger partial charge is 0.146 e. The van der Waals surface area contributed by atoms with Gasteiger partial charge in [-0.25, -0.2) is 0 Å². The van der Waals surface area contributed by atoms with Crippen molar-refractivity contribution in [2.75, 3.05) is 0 Å². The second-order valence-corrected chi connectivity index (χ2v) is 5.51. The van der Waals surface area contributed by atoms with Gasteiger partial charge in [0.25, 0.3) is 0 Å². The van der Waals surface area contributed by atoms with Crippen molar-refractivity contribution in [3.8, 4) is 5.75 Å². The zero-order valence-electron chi connectivity index (χ0n) is 12.1. The summed E-state index contributed by atoms with van der Waals surface area (Å²) in [4.78, 5) is 0. The molecular formula is C16H20ClNO2. The first kappa shape index (κ1) is 14.9. The van der Waals surface area contributed by atoms with Crippen LogP contribution < -0.4 is 10.1 Å². The van der Waals surface area contributed by atoms with Crippen LogP contribution in [-0.2, 0) is 13.2 Å². The average Bonchev–Trinajstić information content (AvgIpc) is 2.85. The average molecular weight is 294 g/mol. The molecule has 0 saturated carbocycles. The van der Waals surface area contributed by atoms with Gasteiger partial charge >= 0.3 is 0 Å². The molecule has 0 bridgehead atoms. The Labute approximate surface area is 124 Å². The van der Waals surface area contributed by atoms with E-state index in [-0.39, 0.29) is 0 Å². The van der Waals surface area contributed by atoms with Crippen LogP contribution in [0.1, 0.15) is 30.7 Å². The lowest BCUT2D eigenvalue weighted by Gasteiger charge is -2.10. The fourth-order valence-corrected chi connectivity index (χ4v) is 1.94. The van der Waals surface area contributed by atoms with E-state index in [9.17, 15) is 0 Å². The summed E-state index contributed by atoms with van der Waals surface area (Å²) in [7, 11) is 0. The van der Waals surface area contributed by atoms with Crippen molar-refractivity contribution < 1.29 is 9.15 Å². The van der Waals surface area contributed by atoms with Crippen LogP contribution in [0.15, 0.2) is 34.9 Å². The Morgan fingerprint density at radius 1 is 1.30 bits per heavy atom. The summed E-state index contributed by atoms with van der Waals surface area (Å²) in [5, 5.41) is 4.12. The van der Waals surface area contributed by atoms with Gasteiger partial charge in [0.05, 0.1) is 6.26 Å². The number of aryl methyl sites for hydroxylation is 1. The Balaban J connectivity index is 1.96. The normalized spacial score (nSPS) is 11.1. The molecule has 108 valence electrons. The summed E-state index contributed by atoms with van der Waals surface area (Å²) in [6.45, 7) is 7.40. The van der Waals surface area contributed by atoms with Crippen molar-refractivity contribution in [2.45, 2.75) is 40.0 Å². The third-order valence-corrected chi connectivity index (χ3v) is 3.46. The van der Waals surface area contributed by atoms with Crippen LogP contribution in [0.5, 0.6) is 5.75 Å². The number of rotatable bonds is 6. The minimum absolute atomic E-state index is 0.420. The lowest BCUT2D eigenvalue weighted by molar-refractivity contribution is 0.268. The second-order valence-electron chi connectivity index (χ2n) is 5.10. The number of nitrogens with one attached hydrogen (secondary N) is 1. The Morgan fingerprint density at radius 3 is 2.80 bits per heavy atom. The van der Waals surface area contributed by atoms with Gasteiger partial charge in [0.1, 0.15) is 18.1 Å². The fourth-order valence-electron chi connectivity index (χ4n) is 1.82. The first-order valence-electron chi connectivity index (χ1n) is 6.74. The number of furan rings is 1. The number of ether oxygens (including phenoxy) is 1. The number of hydrogen-bond donors (Lipinski definition) is 1. The maximum absolute atomic E-state index is 5.99. The van der Waals surface area contributed by atoms with Crippen molar-refractivity contribution >= 4 is 11.6 Å². The molecule has 1 heterocycles. The summed E-state index contributed by atoms with van der Waals surface area (Å²) in [5.74, 6) is 1.65. The number of halogens is 1. The van der Waals surface area contributed by atoms with Crippen LogP contribution in [-0.4, -0.2) is 6.04 Å². The first-order chi connectivity index (χ1) is 9.56. The SMILES string of the molecule is Cc1cc(OCc2occc2CNC(C)C)ccc1Cl. The minimum Gasteiger partial charge on any atom is -0.486 e. The maximum atomic E-state index is 5.99. The van der Waals surface area contributed by atoms with Gasteiger partial charge in [-0.05, 0) is 36.8 Å². The Morgan fingerprint density at radius 2 is 2.10 bits per heavy atom. The highest BCUT2D eigenvalue weighted by Gasteiger charge is 2.08. The summed E-state index contributed by atoms with van der Waals surface area (Å²) < 4.78 is 11.2. The molecule has 0 unspecified atom stereocenters. The van der Waals surface area contributed by atoms with Crippen LogP contribution >= 0.6 is 11.6 Å². The topological polar surface area (TPSA) is 34.4 Å². The molecule has 1 aromatic heterocycles. The van der Waals surface area contributed by atoms with E-state index < -0.39 is 0 Å². The van der Waals surface area contributed by atoms with Crippen LogP contribution in [0.25, 0.3) is 0 Å². The summed E-state index contributed by atoms with van der Waals surface area (Å²) in [5.41, 5.74) is 2.13. The van der Waals surface area contributed by atoms with E-state index in [0.717, 1.165) is 34.2 Å². The van der Waals surface area contributed by atoms with Crippen LogP contribution in [0.4, 0.5) is 0 Å². The second kappa shape index (κ2) is 6.82. The van der Waals surface area contributed by atoms with Crippen molar-refractivity contribution in [2.24, 2.45) is 0 Å². The Bertz CT molecular complexity index is 563. The lowest BCUT2D eigenvalue weighted by Crippen LogP contribution is -2.22. The molecule has 20 heavy (non-hydrogen) atoms. The summed E-state index contributed by atoms with van der Waals surface area (Å²) in [6, 6.07) is 8.05. The molecular weight excluding hydrogens is 274 g/mol. The highest BCUT2D eigenvalue weighted by molar-refractivity contribution is 6.31. The van der Waals surface area contributed by atoms with E-state index in [1.54, 1.807) is 6.26 Å². The zero-order chi connectivity index (χ0) is 14.5. The van der Waals surface area contributed by atoms with Crippen molar-refractivity contribution in [1.29, 1.82) is 0 Å². The van der Waals surface area contributed by atoms with Crippen molar-refractivity contribution in [3.05, 3.63) is 52.4 Å². The van der Waals surface area contributed by atoms with E-state index in [0.29, 0.717) is 12.6 Å². The molecule has 0 atom stereocenters. The van der Waals surface area contributed by atoms with Gasteiger partial charge in [0, 0.05) is 23.2 Å². The van der Waals surface area contributed by atoms with Gasteiger partial charge in [0.15, 0.2) is 0 Å². The minimum atomic E-state index is 0.420. The summed E-state index contributed by atoms with van der Waals surface area (Å²) >= 11 is 5.99. The summed E-state index contributed by atoms with van der Waals surface area (Å²) in [6.07, 6.45) is 1.70. The van der Waals surface area contributed by atoms with Gasteiger partial charge in [0.2, 0.25) is 0 Å². The van der Waals surface area contributed by atoms with Crippen molar-refractivity contribution in [1.82, 2.24) is 5.32 Å². The molecule has 0 aliphatic heterocycles. The lowest BCUT2D eigenvalue weighted by atomic mass is 10.2. The van der Waals surface area contributed by atoms with Crippen molar-refractivity contribution in [3.63, 3.8) is 0 Å². The molecule has 1 aromatic carbocycles. The fraction of sp³-hybridized carbons (Fsp3) is 0.375. The standard InChI is InChI=1S/C16H20ClNO2/c1-11(2)18-9-13-6-7-19-16(13)10-20-14-4-5-15(17)12(3)8-14/h4-8,11,18H,9-10H2,1-3H3. The molecule has 2 aromatic rings. The van der Waals surface area contributed by atoms with E-state index in [1.807, 2.05) is 31.2 Å². The number of hydrogen-bond acceptors (Lipinski definition) is 3. The van der Waals surface area contributed by atoms with E-state index in [4.69, 9.17) is 20.8 Å². The monoisotopic (exact) mass is 293 g/mol.